The Kier molecular flexibility index (Phi) is 4.40. The van der Waals surface area contributed by atoms with E-state index < -0.39 is 0 Å². The molecule has 0 atom stereocenters. The quantitative estimate of drug-likeness (QED) is 0.420. The Bertz CT molecular complexity index is 138. The van der Waals surface area contributed by atoms with Gasteiger partial charge in [-0.05, 0) is 6.92 Å². The Hall–Kier alpha value is -1.12. The summed E-state index contributed by atoms with van der Waals surface area (Å²) in [6.45, 7) is 1.79. The highest BCUT2D eigenvalue weighted by atomic mass is 16.1. The van der Waals surface area contributed by atoms with E-state index in [1.54, 1.807) is 20.2 Å². The zero-order chi connectivity index (χ0) is 7.11. The van der Waals surface area contributed by atoms with E-state index in [1.807, 2.05) is 0 Å². The summed E-state index contributed by atoms with van der Waals surface area (Å²) in [5, 5.41) is 2.42. The standard InChI is InChI=1S/C6H10N2O/c1-3-8-5-4-6(9)7-2/h3-5H,1-2H3,(H,7,9)/b5-4-,8-3-. The van der Waals surface area contributed by atoms with Gasteiger partial charge in [0.15, 0.2) is 0 Å². The third kappa shape index (κ3) is 4.74. The van der Waals surface area contributed by atoms with E-state index in [0.717, 1.165) is 0 Å². The van der Waals surface area contributed by atoms with Crippen molar-refractivity contribution >= 4 is 12.1 Å². The molecule has 0 fully saturated rings. The minimum Gasteiger partial charge on any atom is -0.356 e. The third-order valence-corrected chi connectivity index (χ3v) is 0.707. The van der Waals surface area contributed by atoms with Crippen LogP contribution in [0, 0.1) is 0 Å². The molecule has 9 heavy (non-hydrogen) atoms. The van der Waals surface area contributed by atoms with Crippen LogP contribution in [0.4, 0.5) is 0 Å². The van der Waals surface area contributed by atoms with Gasteiger partial charge in [-0.2, -0.15) is 0 Å². The maximum Gasteiger partial charge on any atom is 0.245 e. The zero-order valence-corrected chi connectivity index (χ0v) is 5.59. The molecule has 0 saturated heterocycles. The largest absolute Gasteiger partial charge is 0.356 e. The molecule has 1 amide bonds. The van der Waals surface area contributed by atoms with Gasteiger partial charge in [0.25, 0.3) is 0 Å². The zero-order valence-electron chi connectivity index (χ0n) is 5.59. The number of rotatable bonds is 2. The fourth-order valence-corrected chi connectivity index (χ4v) is 0.280. The molecule has 0 unspecified atom stereocenters. The third-order valence-electron chi connectivity index (χ3n) is 0.707. The van der Waals surface area contributed by atoms with Crippen LogP contribution < -0.4 is 5.32 Å². The Morgan fingerprint density at radius 1 is 1.67 bits per heavy atom. The van der Waals surface area contributed by atoms with Crippen LogP contribution >= 0.6 is 0 Å². The summed E-state index contributed by atoms with van der Waals surface area (Å²) in [6, 6.07) is 0. The highest BCUT2D eigenvalue weighted by molar-refractivity contribution is 5.87. The minimum atomic E-state index is -0.138. The molecule has 0 heterocycles. The van der Waals surface area contributed by atoms with Crippen molar-refractivity contribution in [3.05, 3.63) is 12.3 Å². The molecule has 0 spiro atoms. The Labute approximate surface area is 54.5 Å². The molecule has 0 rings (SSSR count). The van der Waals surface area contributed by atoms with Gasteiger partial charge in [0.2, 0.25) is 5.91 Å². The van der Waals surface area contributed by atoms with Crippen molar-refractivity contribution in [2.45, 2.75) is 6.92 Å². The molecule has 1 N–H and O–H groups in total. The molecule has 0 aliphatic heterocycles. The van der Waals surface area contributed by atoms with Crippen molar-refractivity contribution in [3.8, 4) is 0 Å². The lowest BCUT2D eigenvalue weighted by atomic mass is 10.6. The summed E-state index contributed by atoms with van der Waals surface area (Å²) in [4.78, 5) is 14.1. The molecule has 0 bridgehead atoms. The first-order valence-corrected chi connectivity index (χ1v) is 2.67. The predicted octanol–water partition coefficient (Wildman–Crippen LogP) is 0.337. The van der Waals surface area contributed by atoms with Crippen LogP contribution in [0.15, 0.2) is 17.3 Å². The van der Waals surface area contributed by atoms with E-state index in [1.165, 1.54) is 12.3 Å². The van der Waals surface area contributed by atoms with Gasteiger partial charge in [-0.15, -0.1) is 0 Å². The Balaban J connectivity index is 3.57. The summed E-state index contributed by atoms with van der Waals surface area (Å²) < 4.78 is 0. The topological polar surface area (TPSA) is 41.5 Å². The lowest BCUT2D eigenvalue weighted by Gasteiger charge is -1.85. The fraction of sp³-hybridized carbons (Fsp3) is 0.333. The number of hydrogen-bond acceptors (Lipinski definition) is 2. The molecular formula is C6H10N2O. The van der Waals surface area contributed by atoms with Gasteiger partial charge >= 0.3 is 0 Å². The molecule has 0 aliphatic rings. The first kappa shape index (κ1) is 7.88. The molecule has 3 nitrogen and oxygen atoms in total. The number of nitrogens with one attached hydrogen (secondary N) is 1. The predicted molar refractivity (Wildman–Crippen MR) is 37.4 cm³/mol. The second-order valence-electron chi connectivity index (χ2n) is 1.34. The van der Waals surface area contributed by atoms with Crippen molar-refractivity contribution in [2.75, 3.05) is 7.05 Å². The second-order valence-corrected chi connectivity index (χ2v) is 1.34. The fourth-order valence-electron chi connectivity index (χ4n) is 0.280. The molecule has 0 aliphatic carbocycles. The highest BCUT2D eigenvalue weighted by Crippen LogP contribution is 1.72. The van der Waals surface area contributed by atoms with Gasteiger partial charge in [-0.1, -0.05) is 0 Å². The Morgan fingerprint density at radius 2 is 2.33 bits per heavy atom. The van der Waals surface area contributed by atoms with E-state index in [9.17, 15) is 4.79 Å². The van der Waals surface area contributed by atoms with Gasteiger partial charge in [-0.3, -0.25) is 9.79 Å². The van der Waals surface area contributed by atoms with Gasteiger partial charge in [0, 0.05) is 25.5 Å². The van der Waals surface area contributed by atoms with E-state index >= 15 is 0 Å². The van der Waals surface area contributed by atoms with Crippen molar-refractivity contribution in [3.63, 3.8) is 0 Å². The molecule has 0 aromatic rings. The first-order valence-electron chi connectivity index (χ1n) is 2.67. The summed E-state index contributed by atoms with van der Waals surface area (Å²) >= 11 is 0. The minimum absolute atomic E-state index is 0.138. The second kappa shape index (κ2) is 5.03. The number of likely N-dealkylation sites (N-methyl/N-ethyl adjacent to an activating group) is 1. The molecule has 0 aromatic carbocycles. The van der Waals surface area contributed by atoms with Crippen LogP contribution in [0.1, 0.15) is 6.92 Å². The van der Waals surface area contributed by atoms with Crippen molar-refractivity contribution in [2.24, 2.45) is 4.99 Å². The average molecular weight is 126 g/mol. The number of nitrogens with zero attached hydrogens (tertiary/aromatic N) is 1. The Morgan fingerprint density at radius 3 is 2.78 bits per heavy atom. The lowest BCUT2D eigenvalue weighted by molar-refractivity contribution is -0.116. The van der Waals surface area contributed by atoms with Crippen molar-refractivity contribution < 1.29 is 4.79 Å². The number of carbonyl (C=O) groups is 1. The summed E-state index contributed by atoms with van der Waals surface area (Å²) in [6.07, 6.45) is 4.41. The number of amides is 1. The SMILES string of the molecule is C/C=N\C=C/C(=O)NC. The van der Waals surface area contributed by atoms with Crippen LogP contribution in [-0.4, -0.2) is 19.2 Å². The van der Waals surface area contributed by atoms with Crippen LogP contribution in [0.2, 0.25) is 0 Å². The van der Waals surface area contributed by atoms with Crippen LogP contribution in [0.5, 0.6) is 0 Å². The number of carbonyl (C=O) groups excluding carboxylic acids is 1. The van der Waals surface area contributed by atoms with Crippen LogP contribution in [0.25, 0.3) is 0 Å². The first-order chi connectivity index (χ1) is 4.31. The smallest absolute Gasteiger partial charge is 0.245 e. The molecule has 0 saturated carbocycles. The monoisotopic (exact) mass is 126 g/mol. The number of hydrogen-bond donors (Lipinski definition) is 1. The molecule has 3 heteroatoms. The molecular weight excluding hydrogens is 116 g/mol. The van der Waals surface area contributed by atoms with Gasteiger partial charge < -0.3 is 5.32 Å². The van der Waals surface area contributed by atoms with E-state index in [0.29, 0.717) is 0 Å². The number of aliphatic imine (C=N–C) groups is 1. The van der Waals surface area contributed by atoms with E-state index in [-0.39, 0.29) is 5.91 Å². The molecule has 0 radical (unpaired) electrons. The summed E-state index contributed by atoms with van der Waals surface area (Å²) in [5.41, 5.74) is 0. The molecule has 0 aromatic heterocycles. The van der Waals surface area contributed by atoms with Crippen molar-refractivity contribution in [1.82, 2.24) is 5.32 Å². The summed E-state index contributed by atoms with van der Waals surface area (Å²) in [5.74, 6) is -0.138. The van der Waals surface area contributed by atoms with Crippen LogP contribution in [-0.2, 0) is 4.79 Å². The van der Waals surface area contributed by atoms with E-state index in [4.69, 9.17) is 0 Å². The van der Waals surface area contributed by atoms with Gasteiger partial charge in [-0.25, -0.2) is 0 Å². The highest BCUT2D eigenvalue weighted by Gasteiger charge is 1.82. The average Bonchev–Trinajstić information content (AvgIpc) is 1.89. The van der Waals surface area contributed by atoms with Crippen LogP contribution in [0.3, 0.4) is 0 Å². The lowest BCUT2D eigenvalue weighted by Crippen LogP contribution is -2.13. The molecule has 50 valence electrons. The maximum atomic E-state index is 10.4. The van der Waals surface area contributed by atoms with E-state index in [2.05, 4.69) is 10.3 Å². The van der Waals surface area contributed by atoms with Gasteiger partial charge in [0.1, 0.15) is 0 Å². The van der Waals surface area contributed by atoms with Crippen molar-refractivity contribution in [1.29, 1.82) is 0 Å². The normalized spacial score (nSPS) is 10.9. The summed E-state index contributed by atoms with van der Waals surface area (Å²) in [7, 11) is 1.57. The van der Waals surface area contributed by atoms with Gasteiger partial charge in [0.05, 0.1) is 0 Å². The maximum absolute atomic E-state index is 10.4.